The highest BCUT2D eigenvalue weighted by Crippen LogP contribution is 2.26. The molecule has 0 N–H and O–H groups in total. The van der Waals surface area contributed by atoms with Crippen molar-refractivity contribution < 1.29 is 9.53 Å². The van der Waals surface area contributed by atoms with Crippen LogP contribution in [0.1, 0.15) is 31.0 Å². The molecule has 0 bridgehead atoms. The van der Waals surface area contributed by atoms with Crippen molar-refractivity contribution in [2.75, 3.05) is 0 Å². The van der Waals surface area contributed by atoms with E-state index in [0.29, 0.717) is 16.4 Å². The fraction of sp³-hybridized carbons (Fsp3) is 0.250. The van der Waals surface area contributed by atoms with Crippen molar-refractivity contribution >= 4 is 23.2 Å². The largest absolute Gasteiger partial charge is 0.459 e. The molecular formula is C20H19ClN2O3. The first kappa shape index (κ1) is 18.1. The number of ether oxygens (including phenoxy) is 1. The number of esters is 1. The molecule has 3 rings (SSSR count). The Hall–Kier alpha value is -2.66. The minimum absolute atomic E-state index is 0.0523. The summed E-state index contributed by atoms with van der Waals surface area (Å²) in [6, 6.07) is 14.2. The van der Waals surface area contributed by atoms with E-state index in [4.69, 9.17) is 16.3 Å². The minimum Gasteiger partial charge on any atom is -0.459 e. The standard InChI is InChI=1S/C20H19ClN2O3/c1-13(2)19(14-6-4-3-5-7-14)20(25)26-12-16-10-18(24)23-11-15(21)8-9-17(23)22-16/h3-11,13,19H,12H2,1-2H3. The maximum atomic E-state index is 12.6. The first-order valence-corrected chi connectivity index (χ1v) is 8.73. The van der Waals surface area contributed by atoms with Crippen LogP contribution in [0.2, 0.25) is 5.02 Å². The van der Waals surface area contributed by atoms with E-state index < -0.39 is 0 Å². The number of aromatic nitrogens is 2. The molecule has 0 aliphatic carbocycles. The van der Waals surface area contributed by atoms with Crippen molar-refractivity contribution in [3.8, 4) is 0 Å². The van der Waals surface area contributed by atoms with Crippen molar-refractivity contribution in [3.05, 3.63) is 81.4 Å². The molecule has 0 radical (unpaired) electrons. The lowest BCUT2D eigenvalue weighted by molar-refractivity contribution is -0.148. The topological polar surface area (TPSA) is 60.7 Å². The third kappa shape index (κ3) is 3.94. The van der Waals surface area contributed by atoms with E-state index in [-0.39, 0.29) is 30.0 Å². The van der Waals surface area contributed by atoms with Gasteiger partial charge in [0.15, 0.2) is 0 Å². The van der Waals surface area contributed by atoms with Gasteiger partial charge in [0.1, 0.15) is 12.3 Å². The van der Waals surface area contributed by atoms with Crippen LogP contribution in [-0.4, -0.2) is 15.4 Å². The molecule has 1 unspecified atom stereocenters. The zero-order chi connectivity index (χ0) is 18.7. The van der Waals surface area contributed by atoms with Gasteiger partial charge >= 0.3 is 5.97 Å². The molecule has 0 aliphatic heterocycles. The molecular weight excluding hydrogens is 352 g/mol. The average molecular weight is 371 g/mol. The second-order valence-electron chi connectivity index (χ2n) is 6.40. The highest BCUT2D eigenvalue weighted by Gasteiger charge is 2.25. The lowest BCUT2D eigenvalue weighted by Crippen LogP contribution is -2.22. The normalized spacial score (nSPS) is 12.3. The van der Waals surface area contributed by atoms with Gasteiger partial charge in [0, 0.05) is 12.3 Å². The molecule has 0 saturated carbocycles. The summed E-state index contributed by atoms with van der Waals surface area (Å²) < 4.78 is 6.81. The number of fused-ring (bicyclic) bond motifs is 1. The third-order valence-electron chi connectivity index (χ3n) is 4.12. The molecule has 6 heteroatoms. The van der Waals surface area contributed by atoms with Gasteiger partial charge in [0.2, 0.25) is 0 Å². The lowest BCUT2D eigenvalue weighted by atomic mass is 9.88. The van der Waals surface area contributed by atoms with Gasteiger partial charge < -0.3 is 4.74 Å². The number of benzene rings is 1. The second kappa shape index (κ2) is 7.70. The average Bonchev–Trinajstić information content (AvgIpc) is 2.61. The molecule has 0 saturated heterocycles. The number of carbonyl (C=O) groups excluding carboxylic acids is 1. The minimum atomic E-state index is -0.364. The van der Waals surface area contributed by atoms with Gasteiger partial charge in [-0.15, -0.1) is 0 Å². The Morgan fingerprint density at radius 3 is 2.62 bits per heavy atom. The number of nitrogens with zero attached hydrogens (tertiary/aromatic N) is 2. The van der Waals surface area contributed by atoms with Crippen LogP contribution in [0, 0.1) is 5.92 Å². The number of rotatable bonds is 5. The van der Waals surface area contributed by atoms with Crippen LogP contribution < -0.4 is 5.56 Å². The summed E-state index contributed by atoms with van der Waals surface area (Å²) in [5.74, 6) is -0.608. The Balaban J connectivity index is 1.79. The summed E-state index contributed by atoms with van der Waals surface area (Å²) >= 11 is 5.90. The Kier molecular flexibility index (Phi) is 5.38. The molecule has 0 amide bonds. The maximum Gasteiger partial charge on any atom is 0.314 e. The van der Waals surface area contributed by atoms with Gasteiger partial charge in [-0.2, -0.15) is 0 Å². The first-order valence-electron chi connectivity index (χ1n) is 8.35. The zero-order valence-corrected chi connectivity index (χ0v) is 15.3. The van der Waals surface area contributed by atoms with Gasteiger partial charge in [-0.25, -0.2) is 4.98 Å². The Morgan fingerprint density at radius 1 is 1.19 bits per heavy atom. The summed E-state index contributed by atoms with van der Waals surface area (Å²) in [5.41, 5.74) is 1.50. The summed E-state index contributed by atoms with van der Waals surface area (Å²) in [6.07, 6.45) is 1.51. The highest BCUT2D eigenvalue weighted by molar-refractivity contribution is 6.30. The monoisotopic (exact) mass is 370 g/mol. The van der Waals surface area contributed by atoms with Crippen LogP contribution in [0.25, 0.3) is 5.65 Å². The van der Waals surface area contributed by atoms with E-state index in [1.165, 1.54) is 16.7 Å². The Morgan fingerprint density at radius 2 is 1.92 bits per heavy atom. The van der Waals surface area contributed by atoms with Crippen molar-refractivity contribution in [1.29, 1.82) is 0 Å². The van der Waals surface area contributed by atoms with Crippen molar-refractivity contribution in [1.82, 2.24) is 9.38 Å². The third-order valence-corrected chi connectivity index (χ3v) is 4.34. The fourth-order valence-electron chi connectivity index (χ4n) is 2.89. The van der Waals surface area contributed by atoms with E-state index in [0.717, 1.165) is 5.56 Å². The Bertz CT molecular complexity index is 983. The van der Waals surface area contributed by atoms with Crippen LogP contribution >= 0.6 is 11.6 Å². The van der Waals surface area contributed by atoms with E-state index >= 15 is 0 Å². The molecule has 1 atom stereocenters. The van der Waals surface area contributed by atoms with Crippen LogP contribution in [0.4, 0.5) is 0 Å². The van der Waals surface area contributed by atoms with Gasteiger partial charge in [0.25, 0.3) is 5.56 Å². The number of pyridine rings is 1. The summed E-state index contributed by atoms with van der Waals surface area (Å²) in [5, 5.41) is 0.447. The maximum absolute atomic E-state index is 12.6. The Labute approximate surface area is 156 Å². The zero-order valence-electron chi connectivity index (χ0n) is 14.6. The predicted molar refractivity (Wildman–Crippen MR) is 100 cm³/mol. The quantitative estimate of drug-likeness (QED) is 0.640. The number of carbonyl (C=O) groups is 1. The number of halogens is 1. The molecule has 5 nitrogen and oxygen atoms in total. The van der Waals surface area contributed by atoms with E-state index in [1.54, 1.807) is 12.1 Å². The van der Waals surface area contributed by atoms with Gasteiger partial charge in [0.05, 0.1) is 16.6 Å². The highest BCUT2D eigenvalue weighted by atomic mass is 35.5. The summed E-state index contributed by atoms with van der Waals surface area (Å²) in [6.45, 7) is 3.90. The second-order valence-corrected chi connectivity index (χ2v) is 6.84. The van der Waals surface area contributed by atoms with Crippen molar-refractivity contribution in [2.24, 2.45) is 5.92 Å². The molecule has 0 aliphatic rings. The SMILES string of the molecule is CC(C)C(C(=O)OCc1cc(=O)n2cc(Cl)ccc2n1)c1ccccc1. The molecule has 134 valence electrons. The van der Waals surface area contributed by atoms with Crippen LogP contribution in [0.5, 0.6) is 0 Å². The van der Waals surface area contributed by atoms with E-state index in [9.17, 15) is 9.59 Å². The lowest BCUT2D eigenvalue weighted by Gasteiger charge is -2.19. The van der Waals surface area contributed by atoms with Gasteiger partial charge in [-0.1, -0.05) is 55.8 Å². The molecule has 3 aromatic rings. The van der Waals surface area contributed by atoms with Crippen molar-refractivity contribution in [2.45, 2.75) is 26.4 Å². The van der Waals surface area contributed by atoms with Crippen LogP contribution in [0.3, 0.4) is 0 Å². The van der Waals surface area contributed by atoms with Crippen LogP contribution in [-0.2, 0) is 16.1 Å². The van der Waals surface area contributed by atoms with Gasteiger partial charge in [-0.3, -0.25) is 14.0 Å². The molecule has 0 fully saturated rings. The van der Waals surface area contributed by atoms with Gasteiger partial charge in [-0.05, 0) is 23.6 Å². The molecule has 1 aromatic carbocycles. The predicted octanol–water partition coefficient (Wildman–Crippen LogP) is 3.83. The molecule has 0 spiro atoms. The molecule has 2 heterocycles. The van der Waals surface area contributed by atoms with E-state index in [2.05, 4.69) is 4.98 Å². The first-order chi connectivity index (χ1) is 12.5. The molecule has 2 aromatic heterocycles. The fourth-order valence-corrected chi connectivity index (χ4v) is 3.05. The smallest absolute Gasteiger partial charge is 0.314 e. The van der Waals surface area contributed by atoms with Crippen LogP contribution in [0.15, 0.2) is 59.5 Å². The number of hydrogen-bond donors (Lipinski definition) is 0. The summed E-state index contributed by atoms with van der Waals surface area (Å²) in [7, 11) is 0. The summed E-state index contributed by atoms with van der Waals surface area (Å²) in [4.78, 5) is 29.1. The van der Waals surface area contributed by atoms with E-state index in [1.807, 2.05) is 44.2 Å². The molecule has 26 heavy (non-hydrogen) atoms. The van der Waals surface area contributed by atoms with Crippen molar-refractivity contribution in [3.63, 3.8) is 0 Å². The number of hydrogen-bond acceptors (Lipinski definition) is 4.